The first-order valence-corrected chi connectivity index (χ1v) is 8.55. The van der Waals surface area contributed by atoms with Crippen molar-refractivity contribution in [2.75, 3.05) is 19.5 Å². The molecule has 1 rings (SSSR count). The molecular formula is C12H15ClN2O6S. The number of hydrogen-bond donors (Lipinski definition) is 0. The zero-order valence-electron chi connectivity index (χ0n) is 12.2. The highest BCUT2D eigenvalue weighted by Gasteiger charge is 2.34. The minimum atomic E-state index is -3.67. The predicted molar refractivity (Wildman–Crippen MR) is 76.2 cm³/mol. The summed E-state index contributed by atoms with van der Waals surface area (Å²) in [5.74, 6) is -3.22. The average Bonchev–Trinajstić information content (AvgIpc) is 2.40. The summed E-state index contributed by atoms with van der Waals surface area (Å²) >= 11 is 5.89. The van der Waals surface area contributed by atoms with Crippen LogP contribution in [0.4, 0.5) is 0 Å². The first-order valence-electron chi connectivity index (χ1n) is 6.28. The van der Waals surface area contributed by atoms with Crippen LogP contribution in [0.25, 0.3) is 0 Å². The smallest absolute Gasteiger partial charge is 0.325 e. The second kappa shape index (κ2) is 7.50. The van der Waals surface area contributed by atoms with E-state index < -0.39 is 32.9 Å². The Labute approximate surface area is 132 Å². The molecule has 0 unspecified atom stereocenters. The number of esters is 2. The summed E-state index contributed by atoms with van der Waals surface area (Å²) in [7, 11) is -3.67. The quantitative estimate of drug-likeness (QED) is 0.319. The van der Waals surface area contributed by atoms with Crippen LogP contribution < -0.4 is 0 Å². The number of hydrogen-bond acceptors (Lipinski definition) is 8. The van der Waals surface area contributed by atoms with E-state index in [1.807, 2.05) is 0 Å². The van der Waals surface area contributed by atoms with Gasteiger partial charge in [0.25, 0.3) is 0 Å². The number of aromatic nitrogens is 2. The SMILES string of the molecule is CCOC(=O)C(C(=O)OCC)c1cnc(S(C)(=O)=O)nc1Cl. The predicted octanol–water partition coefficient (Wildman–Crippen LogP) is 0.743. The van der Waals surface area contributed by atoms with Crippen molar-refractivity contribution in [3.63, 3.8) is 0 Å². The Bertz CT molecular complexity index is 658. The van der Waals surface area contributed by atoms with E-state index in [1.54, 1.807) is 13.8 Å². The number of carbonyl (C=O) groups excluding carboxylic acids is 2. The maximum atomic E-state index is 11.9. The van der Waals surface area contributed by atoms with Crippen LogP contribution in [-0.4, -0.2) is 49.8 Å². The molecule has 0 saturated heterocycles. The number of ether oxygens (including phenoxy) is 2. The van der Waals surface area contributed by atoms with Gasteiger partial charge in [0, 0.05) is 18.0 Å². The van der Waals surface area contributed by atoms with Crippen molar-refractivity contribution < 1.29 is 27.5 Å². The van der Waals surface area contributed by atoms with Crippen LogP contribution in [-0.2, 0) is 28.9 Å². The van der Waals surface area contributed by atoms with Crippen LogP contribution in [0.1, 0.15) is 25.3 Å². The Morgan fingerprint density at radius 1 is 1.23 bits per heavy atom. The van der Waals surface area contributed by atoms with E-state index in [0.29, 0.717) is 0 Å². The Balaban J connectivity index is 3.31. The van der Waals surface area contributed by atoms with Crippen LogP contribution >= 0.6 is 11.6 Å². The molecule has 0 aliphatic carbocycles. The van der Waals surface area contributed by atoms with Gasteiger partial charge in [0.15, 0.2) is 5.92 Å². The lowest BCUT2D eigenvalue weighted by molar-refractivity contribution is -0.156. The van der Waals surface area contributed by atoms with Gasteiger partial charge in [0.2, 0.25) is 15.0 Å². The molecule has 22 heavy (non-hydrogen) atoms. The fourth-order valence-electron chi connectivity index (χ4n) is 1.53. The first kappa shape index (κ1) is 18.3. The van der Waals surface area contributed by atoms with Crippen molar-refractivity contribution >= 4 is 33.4 Å². The Morgan fingerprint density at radius 2 is 1.73 bits per heavy atom. The molecule has 0 saturated carbocycles. The van der Waals surface area contributed by atoms with Gasteiger partial charge in [0.1, 0.15) is 5.15 Å². The van der Waals surface area contributed by atoms with E-state index in [0.717, 1.165) is 12.5 Å². The van der Waals surface area contributed by atoms with Gasteiger partial charge in [-0.15, -0.1) is 0 Å². The molecule has 0 fully saturated rings. The average molecular weight is 351 g/mol. The van der Waals surface area contributed by atoms with Crippen molar-refractivity contribution in [1.82, 2.24) is 9.97 Å². The van der Waals surface area contributed by atoms with Crippen molar-refractivity contribution in [2.24, 2.45) is 0 Å². The Hall–Kier alpha value is -1.74. The zero-order valence-corrected chi connectivity index (χ0v) is 13.8. The van der Waals surface area contributed by atoms with Crippen LogP contribution in [0, 0.1) is 0 Å². The van der Waals surface area contributed by atoms with Crippen LogP contribution in [0.5, 0.6) is 0 Å². The number of halogens is 1. The molecule has 122 valence electrons. The molecule has 0 radical (unpaired) electrons. The van der Waals surface area contributed by atoms with E-state index in [2.05, 4.69) is 9.97 Å². The molecular weight excluding hydrogens is 336 g/mol. The van der Waals surface area contributed by atoms with Gasteiger partial charge in [-0.1, -0.05) is 11.6 Å². The largest absolute Gasteiger partial charge is 0.465 e. The standard InChI is InChI=1S/C12H15ClN2O6S/c1-4-20-10(16)8(11(17)21-5-2)7-6-14-12(15-9(7)13)22(3,18)19/h6,8H,4-5H2,1-3H3. The van der Waals surface area contributed by atoms with Crippen molar-refractivity contribution in [1.29, 1.82) is 0 Å². The van der Waals surface area contributed by atoms with Crippen molar-refractivity contribution in [3.05, 3.63) is 16.9 Å². The lowest BCUT2D eigenvalue weighted by Crippen LogP contribution is -2.27. The second-order valence-electron chi connectivity index (χ2n) is 4.11. The number of nitrogens with zero attached hydrogens (tertiary/aromatic N) is 2. The van der Waals surface area contributed by atoms with Gasteiger partial charge in [-0.25, -0.2) is 18.4 Å². The molecule has 1 aromatic heterocycles. The summed E-state index contributed by atoms with van der Waals surface area (Å²) in [4.78, 5) is 31.1. The van der Waals surface area contributed by atoms with E-state index in [-0.39, 0.29) is 23.9 Å². The fourth-order valence-corrected chi connectivity index (χ4v) is 2.32. The molecule has 10 heteroatoms. The minimum absolute atomic E-state index is 0.0502. The summed E-state index contributed by atoms with van der Waals surface area (Å²) in [5, 5.41) is -0.839. The third-order valence-electron chi connectivity index (χ3n) is 2.43. The molecule has 0 aromatic carbocycles. The highest BCUT2D eigenvalue weighted by atomic mass is 35.5. The molecule has 0 bridgehead atoms. The molecule has 0 spiro atoms. The molecule has 0 N–H and O–H groups in total. The summed E-state index contributed by atoms with van der Waals surface area (Å²) in [6.07, 6.45) is 1.91. The van der Waals surface area contributed by atoms with E-state index in [9.17, 15) is 18.0 Å². The summed E-state index contributed by atoms with van der Waals surface area (Å²) < 4.78 is 32.4. The minimum Gasteiger partial charge on any atom is -0.465 e. The summed E-state index contributed by atoms with van der Waals surface area (Å²) in [6, 6.07) is 0. The molecule has 0 atom stereocenters. The van der Waals surface area contributed by atoms with Gasteiger partial charge < -0.3 is 9.47 Å². The van der Waals surface area contributed by atoms with Crippen molar-refractivity contribution in [3.8, 4) is 0 Å². The maximum Gasteiger partial charge on any atom is 0.325 e. The molecule has 1 heterocycles. The molecule has 0 aliphatic rings. The summed E-state index contributed by atoms with van der Waals surface area (Å²) in [5.41, 5.74) is -0.0778. The van der Waals surface area contributed by atoms with Gasteiger partial charge in [-0.05, 0) is 13.8 Å². The number of rotatable bonds is 6. The lowest BCUT2D eigenvalue weighted by atomic mass is 10.0. The highest BCUT2D eigenvalue weighted by Crippen LogP contribution is 2.26. The van der Waals surface area contributed by atoms with E-state index in [4.69, 9.17) is 21.1 Å². The van der Waals surface area contributed by atoms with Gasteiger partial charge in [-0.2, -0.15) is 0 Å². The third kappa shape index (κ3) is 4.38. The number of carbonyl (C=O) groups is 2. The van der Waals surface area contributed by atoms with Crippen LogP contribution in [0.15, 0.2) is 11.4 Å². The third-order valence-corrected chi connectivity index (χ3v) is 3.60. The molecule has 0 aliphatic heterocycles. The van der Waals surface area contributed by atoms with Crippen LogP contribution in [0.2, 0.25) is 5.15 Å². The zero-order chi connectivity index (χ0) is 16.9. The van der Waals surface area contributed by atoms with Gasteiger partial charge in [0.05, 0.1) is 13.2 Å². The van der Waals surface area contributed by atoms with Crippen molar-refractivity contribution in [2.45, 2.75) is 24.9 Å². The Morgan fingerprint density at radius 3 is 2.09 bits per heavy atom. The summed E-state index contributed by atoms with van der Waals surface area (Å²) in [6.45, 7) is 3.25. The molecule has 0 amide bonds. The second-order valence-corrected chi connectivity index (χ2v) is 6.38. The molecule has 8 nitrogen and oxygen atoms in total. The first-order chi connectivity index (χ1) is 10.2. The normalized spacial score (nSPS) is 11.3. The fraction of sp³-hybridized carbons (Fsp3) is 0.500. The topological polar surface area (TPSA) is 113 Å². The van der Waals surface area contributed by atoms with Gasteiger partial charge in [-0.3, -0.25) is 9.59 Å². The molecule has 1 aromatic rings. The van der Waals surface area contributed by atoms with E-state index in [1.165, 1.54) is 0 Å². The monoisotopic (exact) mass is 350 g/mol. The lowest BCUT2D eigenvalue weighted by Gasteiger charge is -2.15. The van der Waals surface area contributed by atoms with Crippen LogP contribution in [0.3, 0.4) is 0 Å². The van der Waals surface area contributed by atoms with Gasteiger partial charge >= 0.3 is 11.9 Å². The van der Waals surface area contributed by atoms with E-state index >= 15 is 0 Å². The highest BCUT2D eigenvalue weighted by molar-refractivity contribution is 7.90. The number of sulfone groups is 1. The maximum absolute atomic E-state index is 11.9. The Kier molecular flexibility index (Phi) is 6.24.